The van der Waals surface area contributed by atoms with Gasteiger partial charge in [0, 0.05) is 29.6 Å². The molecule has 3 nitrogen and oxygen atoms in total. The average Bonchev–Trinajstić information content (AvgIpc) is 3.41. The van der Waals surface area contributed by atoms with Crippen LogP contribution in [-0.2, 0) is 6.54 Å². The van der Waals surface area contributed by atoms with Gasteiger partial charge < -0.3 is 9.64 Å². The standard InChI is InChI=1S/C20H17ClF4N2O/c1-11(12-4-6-14(7-5-12)28-20(24,25)19(22)23)27-10-16-15(8-9-26-18(16)21)17(27)13-2-3-13/h4-9,11,19H,2-3,10H2,1H3. The fourth-order valence-corrected chi connectivity index (χ4v) is 3.68. The molecule has 0 N–H and O–H groups in total. The highest BCUT2D eigenvalue weighted by Crippen LogP contribution is 2.48. The molecule has 1 fully saturated rings. The molecule has 0 saturated heterocycles. The lowest BCUT2D eigenvalue weighted by atomic mass is 10.1. The third-order valence-electron chi connectivity index (χ3n) is 5.05. The summed E-state index contributed by atoms with van der Waals surface area (Å²) in [6, 6.07) is 7.67. The van der Waals surface area contributed by atoms with Crippen molar-refractivity contribution in [2.45, 2.75) is 44.9 Å². The molecule has 8 heteroatoms. The molecule has 0 bridgehead atoms. The van der Waals surface area contributed by atoms with Crippen molar-refractivity contribution in [3.05, 3.63) is 63.9 Å². The van der Waals surface area contributed by atoms with Crippen molar-refractivity contribution >= 4 is 17.3 Å². The quantitative estimate of drug-likeness (QED) is 0.441. The fourth-order valence-electron chi connectivity index (χ4n) is 3.46. The number of pyridine rings is 1. The van der Waals surface area contributed by atoms with Crippen LogP contribution in [0.4, 0.5) is 17.6 Å². The smallest absolute Gasteiger partial charge is 0.428 e. The van der Waals surface area contributed by atoms with Crippen LogP contribution in [0.1, 0.15) is 42.5 Å². The van der Waals surface area contributed by atoms with Gasteiger partial charge >= 0.3 is 12.5 Å². The molecule has 2 aliphatic rings. The zero-order chi connectivity index (χ0) is 20.1. The first-order chi connectivity index (χ1) is 13.3. The third kappa shape index (κ3) is 3.43. The summed E-state index contributed by atoms with van der Waals surface area (Å²) < 4.78 is 54.9. The van der Waals surface area contributed by atoms with E-state index in [1.54, 1.807) is 18.3 Å². The molecule has 4 rings (SSSR count). The molecular weight excluding hydrogens is 396 g/mol. The molecule has 1 atom stereocenters. The summed E-state index contributed by atoms with van der Waals surface area (Å²) in [5.41, 5.74) is 5.40. The molecule has 0 radical (unpaired) electrons. The van der Waals surface area contributed by atoms with E-state index in [0.717, 1.165) is 35.2 Å². The molecule has 0 spiro atoms. The Balaban J connectivity index is 1.58. The van der Waals surface area contributed by atoms with Crippen LogP contribution in [0.5, 0.6) is 5.75 Å². The number of hydrogen-bond acceptors (Lipinski definition) is 3. The molecule has 1 aliphatic heterocycles. The highest BCUT2D eigenvalue weighted by Gasteiger charge is 2.44. The third-order valence-corrected chi connectivity index (χ3v) is 5.37. The van der Waals surface area contributed by atoms with Gasteiger partial charge in [-0.2, -0.15) is 17.6 Å². The lowest BCUT2D eigenvalue weighted by molar-refractivity contribution is -0.253. The highest BCUT2D eigenvalue weighted by atomic mass is 35.5. The zero-order valence-electron chi connectivity index (χ0n) is 14.9. The molecule has 2 heterocycles. The van der Waals surface area contributed by atoms with Crippen molar-refractivity contribution < 1.29 is 22.3 Å². The molecule has 1 aromatic heterocycles. The highest BCUT2D eigenvalue weighted by molar-refractivity contribution is 6.30. The SMILES string of the molecule is CC(c1ccc(OC(F)(F)C(F)F)cc1)N1Cc2c(ccnc2Cl)C1=C1CC1. The number of fused-ring (bicyclic) bond motifs is 1. The number of allylic oxidation sites excluding steroid dienone is 1. The Morgan fingerprint density at radius 3 is 2.43 bits per heavy atom. The maximum absolute atomic E-state index is 13.1. The Morgan fingerprint density at radius 1 is 1.14 bits per heavy atom. The molecule has 0 amide bonds. The molecule has 1 aromatic carbocycles. The average molecular weight is 413 g/mol. The summed E-state index contributed by atoms with van der Waals surface area (Å²) in [6.07, 6.45) is -4.65. The summed E-state index contributed by atoms with van der Waals surface area (Å²) in [6.45, 7) is 2.60. The number of hydrogen-bond donors (Lipinski definition) is 0. The summed E-state index contributed by atoms with van der Waals surface area (Å²) in [5.74, 6) is -0.307. The number of nitrogens with zero attached hydrogens (tertiary/aromatic N) is 2. The number of benzene rings is 1. The molecule has 28 heavy (non-hydrogen) atoms. The van der Waals surface area contributed by atoms with Crippen LogP contribution in [0.25, 0.3) is 5.70 Å². The Kier molecular flexibility index (Phi) is 4.73. The van der Waals surface area contributed by atoms with E-state index >= 15 is 0 Å². The van der Waals surface area contributed by atoms with Crippen LogP contribution in [-0.4, -0.2) is 22.4 Å². The van der Waals surface area contributed by atoms with Crippen LogP contribution >= 0.6 is 11.6 Å². The van der Waals surface area contributed by atoms with Crippen molar-refractivity contribution in [3.63, 3.8) is 0 Å². The first kappa shape index (κ1) is 19.1. The minimum Gasteiger partial charge on any atom is -0.428 e. The van der Waals surface area contributed by atoms with E-state index in [4.69, 9.17) is 11.6 Å². The van der Waals surface area contributed by atoms with Gasteiger partial charge in [-0.3, -0.25) is 0 Å². The van der Waals surface area contributed by atoms with Gasteiger partial charge in [-0.25, -0.2) is 4.98 Å². The molecular formula is C20H17ClF4N2O. The van der Waals surface area contributed by atoms with E-state index in [2.05, 4.69) is 14.6 Å². The number of rotatable bonds is 5. The summed E-state index contributed by atoms with van der Waals surface area (Å²) >= 11 is 6.27. The van der Waals surface area contributed by atoms with Gasteiger partial charge in [0.15, 0.2) is 0 Å². The van der Waals surface area contributed by atoms with Gasteiger partial charge in [0.1, 0.15) is 10.9 Å². The van der Waals surface area contributed by atoms with Gasteiger partial charge in [0.2, 0.25) is 0 Å². The Labute approximate surface area is 164 Å². The Hall–Kier alpha value is -2.28. The van der Waals surface area contributed by atoms with E-state index in [1.165, 1.54) is 17.7 Å². The van der Waals surface area contributed by atoms with Crippen LogP contribution in [0.2, 0.25) is 5.15 Å². The minimum absolute atomic E-state index is 0.0729. The second-order valence-electron chi connectivity index (χ2n) is 6.92. The summed E-state index contributed by atoms with van der Waals surface area (Å²) in [4.78, 5) is 6.37. The second kappa shape index (κ2) is 6.95. The van der Waals surface area contributed by atoms with E-state index in [0.29, 0.717) is 11.7 Å². The molecule has 1 unspecified atom stereocenters. The maximum atomic E-state index is 13.1. The topological polar surface area (TPSA) is 25.4 Å². The predicted octanol–water partition coefficient (Wildman–Crippen LogP) is 6.05. The maximum Gasteiger partial charge on any atom is 0.461 e. The van der Waals surface area contributed by atoms with E-state index in [-0.39, 0.29) is 11.8 Å². The Bertz CT molecular complexity index is 924. The first-order valence-electron chi connectivity index (χ1n) is 8.85. The summed E-state index contributed by atoms with van der Waals surface area (Å²) in [5, 5.41) is 0.476. The molecule has 2 aromatic rings. The lowest BCUT2D eigenvalue weighted by Gasteiger charge is -2.29. The van der Waals surface area contributed by atoms with Crippen LogP contribution in [0.15, 0.2) is 42.1 Å². The molecule has 1 saturated carbocycles. The van der Waals surface area contributed by atoms with Gasteiger partial charge in [0.05, 0.1) is 6.04 Å². The number of ether oxygens (including phenoxy) is 1. The van der Waals surface area contributed by atoms with Crippen LogP contribution < -0.4 is 4.74 Å². The fraction of sp³-hybridized carbons (Fsp3) is 0.350. The van der Waals surface area contributed by atoms with Gasteiger partial charge in [-0.1, -0.05) is 23.7 Å². The normalized spacial score (nSPS) is 17.2. The van der Waals surface area contributed by atoms with Crippen LogP contribution in [0, 0.1) is 0 Å². The lowest BCUT2D eigenvalue weighted by Crippen LogP contribution is -2.33. The second-order valence-corrected chi connectivity index (χ2v) is 7.28. The van der Waals surface area contributed by atoms with Crippen molar-refractivity contribution in [1.82, 2.24) is 9.88 Å². The van der Waals surface area contributed by atoms with Crippen molar-refractivity contribution in [3.8, 4) is 5.75 Å². The van der Waals surface area contributed by atoms with Gasteiger partial charge in [-0.15, -0.1) is 0 Å². The van der Waals surface area contributed by atoms with Gasteiger partial charge in [-0.05, 0) is 49.1 Å². The predicted molar refractivity (Wildman–Crippen MR) is 97.4 cm³/mol. The van der Waals surface area contributed by atoms with Gasteiger partial charge in [0.25, 0.3) is 0 Å². The Morgan fingerprint density at radius 2 is 1.82 bits per heavy atom. The monoisotopic (exact) mass is 412 g/mol. The summed E-state index contributed by atoms with van der Waals surface area (Å²) in [7, 11) is 0. The number of alkyl halides is 4. The van der Waals surface area contributed by atoms with E-state index in [9.17, 15) is 17.6 Å². The minimum atomic E-state index is -4.52. The van der Waals surface area contributed by atoms with E-state index < -0.39 is 12.5 Å². The number of halogens is 5. The zero-order valence-corrected chi connectivity index (χ0v) is 15.7. The van der Waals surface area contributed by atoms with Crippen molar-refractivity contribution in [1.29, 1.82) is 0 Å². The number of aromatic nitrogens is 1. The molecule has 148 valence electrons. The van der Waals surface area contributed by atoms with Crippen molar-refractivity contribution in [2.24, 2.45) is 0 Å². The first-order valence-corrected chi connectivity index (χ1v) is 9.23. The van der Waals surface area contributed by atoms with E-state index in [1.807, 2.05) is 13.0 Å². The van der Waals surface area contributed by atoms with Crippen LogP contribution in [0.3, 0.4) is 0 Å². The van der Waals surface area contributed by atoms with Crippen molar-refractivity contribution in [2.75, 3.05) is 0 Å². The largest absolute Gasteiger partial charge is 0.461 e. The molecule has 1 aliphatic carbocycles.